The smallest absolute Gasteiger partial charge is 0.338 e. The fraction of sp³-hybridized carbons (Fsp3) is 0.611. The fourth-order valence-corrected chi connectivity index (χ4v) is 2.48. The molecule has 25 heavy (non-hydrogen) atoms. The lowest BCUT2D eigenvalue weighted by Gasteiger charge is -2.33. The number of hydrogen-bond donors (Lipinski definition) is 1. The third-order valence-electron chi connectivity index (χ3n) is 3.65. The van der Waals surface area contributed by atoms with E-state index >= 15 is 0 Å². The van der Waals surface area contributed by atoms with Crippen molar-refractivity contribution < 1.29 is 33.6 Å². The van der Waals surface area contributed by atoms with Crippen LogP contribution in [0.1, 0.15) is 39.0 Å². The minimum absolute atomic E-state index is 0.351. The van der Waals surface area contributed by atoms with Crippen LogP contribution in [0.2, 0.25) is 0 Å². The Kier molecular flexibility index (Phi) is 6.26. The van der Waals surface area contributed by atoms with E-state index < -0.39 is 30.1 Å². The molecule has 7 heteroatoms. The van der Waals surface area contributed by atoms with Crippen molar-refractivity contribution in [3.8, 4) is 11.5 Å². The molecule has 7 nitrogen and oxygen atoms in total. The van der Waals surface area contributed by atoms with Gasteiger partial charge >= 0.3 is 5.97 Å². The second kappa shape index (κ2) is 8.03. The molecule has 0 aliphatic carbocycles. The standard InChI is InChI=1S/C18H26O7/c1-18(2,3)25-16(20)15(19)13-8-9-23-17(24-13)11-6-7-12(21-4)14(10-11)22-5/h6-7,10,13,15,17,19H,8-9H2,1-5H3/t13-,15+,17-/m1/s1. The SMILES string of the molecule is COc1ccc([C@@H]2OCC[C@H]([C@H](O)C(=O)OC(C)(C)C)O2)cc1OC. The van der Waals surface area contributed by atoms with Crippen molar-refractivity contribution in [3.63, 3.8) is 0 Å². The van der Waals surface area contributed by atoms with E-state index in [1.165, 1.54) is 0 Å². The molecule has 1 aliphatic rings. The summed E-state index contributed by atoms with van der Waals surface area (Å²) in [4.78, 5) is 12.1. The molecule has 0 amide bonds. The van der Waals surface area contributed by atoms with E-state index in [-0.39, 0.29) is 0 Å². The Morgan fingerprint density at radius 1 is 1.24 bits per heavy atom. The highest BCUT2D eigenvalue weighted by Crippen LogP contribution is 2.34. The summed E-state index contributed by atoms with van der Waals surface area (Å²) in [6.07, 6.45) is -2.40. The van der Waals surface area contributed by atoms with Crippen LogP contribution in [0.4, 0.5) is 0 Å². The second-order valence-corrected chi connectivity index (χ2v) is 6.76. The second-order valence-electron chi connectivity index (χ2n) is 6.76. The van der Waals surface area contributed by atoms with Gasteiger partial charge in [0.05, 0.1) is 26.9 Å². The molecule has 1 aromatic rings. The molecule has 1 aliphatic heterocycles. The predicted molar refractivity (Wildman–Crippen MR) is 89.6 cm³/mol. The third-order valence-corrected chi connectivity index (χ3v) is 3.65. The van der Waals surface area contributed by atoms with Crippen molar-refractivity contribution in [2.75, 3.05) is 20.8 Å². The van der Waals surface area contributed by atoms with Crippen LogP contribution in [0.15, 0.2) is 18.2 Å². The minimum atomic E-state index is -1.37. The molecule has 0 spiro atoms. The number of carbonyl (C=O) groups excluding carboxylic acids is 1. The molecule has 0 bridgehead atoms. The van der Waals surface area contributed by atoms with Gasteiger partial charge in [0.1, 0.15) is 5.60 Å². The lowest BCUT2D eigenvalue weighted by Crippen LogP contribution is -2.43. The van der Waals surface area contributed by atoms with Gasteiger partial charge in [-0.15, -0.1) is 0 Å². The number of ether oxygens (including phenoxy) is 5. The van der Waals surface area contributed by atoms with E-state index in [0.29, 0.717) is 30.1 Å². The molecule has 0 radical (unpaired) electrons. The molecule has 0 aromatic heterocycles. The molecule has 1 fully saturated rings. The number of aliphatic hydroxyl groups excluding tert-OH is 1. The van der Waals surface area contributed by atoms with Crippen LogP contribution in [0.3, 0.4) is 0 Å². The highest BCUT2D eigenvalue weighted by atomic mass is 16.7. The Morgan fingerprint density at radius 3 is 2.52 bits per heavy atom. The number of esters is 1. The van der Waals surface area contributed by atoms with Crippen LogP contribution in [-0.4, -0.2) is 49.7 Å². The van der Waals surface area contributed by atoms with Gasteiger partial charge in [0, 0.05) is 12.0 Å². The van der Waals surface area contributed by atoms with Crippen molar-refractivity contribution >= 4 is 5.97 Å². The summed E-state index contributed by atoms with van der Waals surface area (Å²) in [5.74, 6) is 0.430. The van der Waals surface area contributed by atoms with E-state index in [4.69, 9.17) is 23.7 Å². The summed E-state index contributed by atoms with van der Waals surface area (Å²) in [5, 5.41) is 10.3. The van der Waals surface area contributed by atoms with Crippen LogP contribution < -0.4 is 9.47 Å². The zero-order valence-corrected chi connectivity index (χ0v) is 15.3. The number of aliphatic hydroxyl groups is 1. The Hall–Kier alpha value is -1.83. The molecule has 1 heterocycles. The number of rotatable bonds is 5. The first-order valence-corrected chi connectivity index (χ1v) is 8.15. The van der Waals surface area contributed by atoms with Crippen molar-refractivity contribution in [1.82, 2.24) is 0 Å². The van der Waals surface area contributed by atoms with Gasteiger partial charge in [0.2, 0.25) is 0 Å². The van der Waals surface area contributed by atoms with E-state index in [1.54, 1.807) is 53.2 Å². The molecule has 2 rings (SSSR count). The number of benzene rings is 1. The van der Waals surface area contributed by atoms with Gasteiger partial charge in [0.15, 0.2) is 23.9 Å². The first kappa shape index (κ1) is 19.5. The normalized spacial score (nSPS) is 22.2. The van der Waals surface area contributed by atoms with Gasteiger partial charge in [-0.05, 0) is 32.9 Å². The van der Waals surface area contributed by atoms with E-state index in [0.717, 1.165) is 0 Å². The van der Waals surface area contributed by atoms with Gasteiger partial charge < -0.3 is 28.8 Å². The molecule has 1 saturated heterocycles. The monoisotopic (exact) mass is 354 g/mol. The van der Waals surface area contributed by atoms with Crippen LogP contribution in [0, 0.1) is 0 Å². The number of methoxy groups -OCH3 is 2. The molecule has 0 saturated carbocycles. The predicted octanol–water partition coefficient (Wildman–Crippen LogP) is 2.21. The molecular weight excluding hydrogens is 328 g/mol. The molecule has 1 N–H and O–H groups in total. The van der Waals surface area contributed by atoms with Crippen LogP contribution in [0.25, 0.3) is 0 Å². The summed E-state index contributed by atoms with van der Waals surface area (Å²) >= 11 is 0. The molecule has 1 aromatic carbocycles. The average molecular weight is 354 g/mol. The van der Waals surface area contributed by atoms with Gasteiger partial charge in [0.25, 0.3) is 0 Å². The topological polar surface area (TPSA) is 83.5 Å². The zero-order chi connectivity index (χ0) is 18.6. The summed E-state index contributed by atoms with van der Waals surface area (Å²) < 4.78 is 27.1. The lowest BCUT2D eigenvalue weighted by atomic mass is 10.1. The first-order chi connectivity index (χ1) is 11.7. The quantitative estimate of drug-likeness (QED) is 0.812. The Labute approximate surface area is 147 Å². The maximum Gasteiger partial charge on any atom is 0.338 e. The largest absolute Gasteiger partial charge is 0.493 e. The van der Waals surface area contributed by atoms with E-state index in [2.05, 4.69) is 0 Å². The van der Waals surface area contributed by atoms with Gasteiger partial charge in [-0.3, -0.25) is 0 Å². The summed E-state index contributed by atoms with van der Waals surface area (Å²) in [5.41, 5.74) is 0.0325. The van der Waals surface area contributed by atoms with Crippen LogP contribution in [-0.2, 0) is 19.0 Å². The maximum absolute atomic E-state index is 12.1. The molecule has 0 unspecified atom stereocenters. The van der Waals surface area contributed by atoms with Gasteiger partial charge in [-0.25, -0.2) is 4.79 Å². The van der Waals surface area contributed by atoms with Crippen molar-refractivity contribution in [3.05, 3.63) is 23.8 Å². The number of carbonyl (C=O) groups is 1. The van der Waals surface area contributed by atoms with E-state index in [9.17, 15) is 9.90 Å². The van der Waals surface area contributed by atoms with Gasteiger partial charge in [-0.1, -0.05) is 6.07 Å². The maximum atomic E-state index is 12.1. The Balaban J connectivity index is 2.09. The fourth-order valence-electron chi connectivity index (χ4n) is 2.48. The zero-order valence-electron chi connectivity index (χ0n) is 15.3. The minimum Gasteiger partial charge on any atom is -0.493 e. The first-order valence-electron chi connectivity index (χ1n) is 8.15. The van der Waals surface area contributed by atoms with Crippen LogP contribution >= 0.6 is 0 Å². The molecular formula is C18H26O7. The van der Waals surface area contributed by atoms with E-state index in [1.807, 2.05) is 0 Å². The highest BCUT2D eigenvalue weighted by Gasteiger charge is 2.36. The Bertz CT molecular complexity index is 594. The van der Waals surface area contributed by atoms with Gasteiger partial charge in [-0.2, -0.15) is 0 Å². The molecule has 140 valence electrons. The summed E-state index contributed by atoms with van der Waals surface area (Å²) in [6.45, 7) is 5.59. The summed E-state index contributed by atoms with van der Waals surface area (Å²) in [7, 11) is 3.09. The lowest BCUT2D eigenvalue weighted by molar-refractivity contribution is -0.241. The highest BCUT2D eigenvalue weighted by molar-refractivity contribution is 5.75. The molecule has 3 atom stereocenters. The van der Waals surface area contributed by atoms with Crippen molar-refractivity contribution in [1.29, 1.82) is 0 Å². The number of hydrogen-bond acceptors (Lipinski definition) is 7. The van der Waals surface area contributed by atoms with Crippen molar-refractivity contribution in [2.24, 2.45) is 0 Å². The average Bonchev–Trinajstić information content (AvgIpc) is 2.59. The van der Waals surface area contributed by atoms with Crippen LogP contribution in [0.5, 0.6) is 11.5 Å². The van der Waals surface area contributed by atoms with Crippen molar-refractivity contribution in [2.45, 2.75) is 51.3 Å². The summed E-state index contributed by atoms with van der Waals surface area (Å²) in [6, 6.07) is 5.27. The third kappa shape index (κ3) is 5.07. The Morgan fingerprint density at radius 2 is 1.92 bits per heavy atom.